The van der Waals surface area contributed by atoms with Gasteiger partial charge in [-0.3, -0.25) is 4.55 Å². The van der Waals surface area contributed by atoms with Crippen LogP contribution in [0.1, 0.15) is 0 Å². The van der Waals surface area contributed by atoms with Crippen LogP contribution >= 0.6 is 0 Å². The average Bonchev–Trinajstić information content (AvgIpc) is 2.31. The van der Waals surface area contributed by atoms with Gasteiger partial charge in [0.1, 0.15) is 10.6 Å². The van der Waals surface area contributed by atoms with Gasteiger partial charge >= 0.3 is 0 Å². The minimum absolute atomic E-state index is 0.131. The van der Waals surface area contributed by atoms with Crippen LogP contribution in [0.3, 0.4) is 0 Å². The van der Waals surface area contributed by atoms with E-state index in [1.165, 1.54) is 24.3 Å². The van der Waals surface area contributed by atoms with Gasteiger partial charge in [0.25, 0.3) is 10.1 Å². The van der Waals surface area contributed by atoms with E-state index in [0.29, 0.717) is 5.69 Å². The zero-order valence-electron chi connectivity index (χ0n) is 9.51. The lowest BCUT2D eigenvalue weighted by molar-refractivity contribution is 0.483. The Morgan fingerprint density at radius 1 is 1.22 bits per heavy atom. The third-order valence-electron chi connectivity index (χ3n) is 2.69. The number of rotatable bonds is 2. The third kappa shape index (κ3) is 1.83. The number of hydrogen-bond acceptors (Lipinski definition) is 5. The van der Waals surface area contributed by atoms with Crippen molar-refractivity contribution in [3.8, 4) is 5.75 Å². The molecule has 0 aliphatic carbocycles. The molecule has 2 aromatic rings. The summed E-state index contributed by atoms with van der Waals surface area (Å²) in [7, 11) is -2.73. The molecule has 0 radical (unpaired) electrons. The van der Waals surface area contributed by atoms with Crippen LogP contribution in [0, 0.1) is 0 Å². The molecule has 0 aliphatic rings. The smallest absolute Gasteiger partial charge is 0.295 e. The quantitative estimate of drug-likeness (QED) is 0.372. The predicted octanol–water partition coefficient (Wildman–Crippen LogP) is 1.42. The summed E-state index contributed by atoms with van der Waals surface area (Å²) in [6.45, 7) is 0. The van der Waals surface area contributed by atoms with Gasteiger partial charge in [0, 0.05) is 18.1 Å². The standard InChI is InChI=1S/C11H12N2O4S/c1-13-8-4-5-9(18(15,16)17)6-2-3-7(12)11(14)10(6)8/h2-5,13-14H,12H2,1H3,(H,15,16,17). The Kier molecular flexibility index (Phi) is 2.80. The van der Waals surface area contributed by atoms with Crippen molar-refractivity contribution in [1.82, 2.24) is 0 Å². The first kappa shape index (κ1) is 12.5. The highest BCUT2D eigenvalue weighted by molar-refractivity contribution is 7.86. The fourth-order valence-corrected chi connectivity index (χ4v) is 2.54. The van der Waals surface area contributed by atoms with Gasteiger partial charge in [-0.15, -0.1) is 0 Å². The molecular weight excluding hydrogens is 256 g/mol. The average molecular weight is 268 g/mol. The summed E-state index contributed by atoms with van der Waals surface area (Å²) in [5, 5.41) is 13.2. The summed E-state index contributed by atoms with van der Waals surface area (Å²) in [4.78, 5) is -0.271. The van der Waals surface area contributed by atoms with Crippen LogP contribution < -0.4 is 11.1 Å². The maximum Gasteiger partial charge on any atom is 0.295 e. The van der Waals surface area contributed by atoms with Gasteiger partial charge in [0.15, 0.2) is 0 Å². The van der Waals surface area contributed by atoms with Gasteiger partial charge in [0.2, 0.25) is 0 Å². The summed E-state index contributed by atoms with van der Waals surface area (Å²) < 4.78 is 31.7. The van der Waals surface area contributed by atoms with E-state index < -0.39 is 10.1 Å². The molecule has 0 spiro atoms. The van der Waals surface area contributed by atoms with E-state index >= 15 is 0 Å². The summed E-state index contributed by atoms with van der Waals surface area (Å²) in [5.41, 5.74) is 6.23. The predicted molar refractivity (Wildman–Crippen MR) is 69.4 cm³/mol. The maximum absolute atomic E-state index is 11.3. The lowest BCUT2D eigenvalue weighted by atomic mass is 10.1. The molecule has 0 unspecified atom stereocenters. The largest absolute Gasteiger partial charge is 0.505 e. The van der Waals surface area contributed by atoms with Crippen molar-refractivity contribution in [2.24, 2.45) is 0 Å². The highest BCUT2D eigenvalue weighted by atomic mass is 32.2. The van der Waals surface area contributed by atoms with Crippen molar-refractivity contribution in [3.05, 3.63) is 24.3 Å². The number of nitrogen functional groups attached to an aromatic ring is 1. The molecule has 6 nitrogen and oxygen atoms in total. The fourth-order valence-electron chi connectivity index (χ4n) is 1.85. The van der Waals surface area contributed by atoms with Crippen LogP contribution in [0.15, 0.2) is 29.2 Å². The van der Waals surface area contributed by atoms with E-state index in [1.807, 2.05) is 0 Å². The third-order valence-corrected chi connectivity index (χ3v) is 3.60. The molecule has 0 bridgehead atoms. The number of fused-ring (bicyclic) bond motifs is 1. The van der Waals surface area contributed by atoms with Gasteiger partial charge in [-0.1, -0.05) is 6.07 Å². The van der Waals surface area contributed by atoms with Gasteiger partial charge in [-0.2, -0.15) is 8.42 Å². The van der Waals surface area contributed by atoms with Gasteiger partial charge in [0.05, 0.1) is 11.1 Å². The fraction of sp³-hybridized carbons (Fsp3) is 0.0909. The summed E-state index contributed by atoms with van der Waals surface area (Å²) in [5.74, 6) is -0.220. The Bertz CT molecular complexity index is 725. The van der Waals surface area contributed by atoms with Crippen molar-refractivity contribution >= 4 is 32.3 Å². The molecule has 0 fully saturated rings. The Labute approximate surface area is 104 Å². The number of benzene rings is 2. The van der Waals surface area contributed by atoms with Crippen molar-refractivity contribution in [2.45, 2.75) is 4.90 Å². The van der Waals surface area contributed by atoms with Crippen molar-refractivity contribution < 1.29 is 18.1 Å². The maximum atomic E-state index is 11.3. The molecule has 0 atom stereocenters. The monoisotopic (exact) mass is 268 g/mol. The van der Waals surface area contributed by atoms with Crippen LogP contribution in [-0.2, 0) is 10.1 Å². The number of aromatic hydroxyl groups is 1. The first-order chi connectivity index (χ1) is 8.36. The van der Waals surface area contributed by atoms with Crippen LogP contribution in [0.25, 0.3) is 10.8 Å². The first-order valence-electron chi connectivity index (χ1n) is 5.05. The van der Waals surface area contributed by atoms with Crippen LogP contribution in [0.4, 0.5) is 11.4 Å². The van der Waals surface area contributed by atoms with E-state index in [2.05, 4.69) is 5.32 Å². The van der Waals surface area contributed by atoms with Crippen LogP contribution in [0.5, 0.6) is 5.75 Å². The summed E-state index contributed by atoms with van der Waals surface area (Å²) >= 11 is 0. The highest BCUT2D eigenvalue weighted by Gasteiger charge is 2.18. The van der Waals surface area contributed by atoms with Crippen LogP contribution in [0.2, 0.25) is 0 Å². The molecule has 2 rings (SSSR count). The number of nitrogens with one attached hydrogen (secondary N) is 1. The van der Waals surface area contributed by atoms with Crippen molar-refractivity contribution in [1.29, 1.82) is 0 Å². The van der Waals surface area contributed by atoms with E-state index in [9.17, 15) is 13.5 Å². The molecule has 0 heterocycles. The molecule has 0 saturated heterocycles. The van der Waals surface area contributed by atoms with Gasteiger partial charge < -0.3 is 16.2 Å². The molecule has 0 amide bonds. The Morgan fingerprint density at radius 3 is 2.44 bits per heavy atom. The molecule has 18 heavy (non-hydrogen) atoms. The topological polar surface area (TPSA) is 113 Å². The van der Waals surface area contributed by atoms with Gasteiger partial charge in [-0.05, 0) is 18.2 Å². The highest BCUT2D eigenvalue weighted by Crippen LogP contribution is 2.38. The number of hydrogen-bond donors (Lipinski definition) is 4. The molecular formula is C11H12N2O4S. The number of anilines is 2. The summed E-state index contributed by atoms with van der Waals surface area (Å²) in [6.07, 6.45) is 0. The zero-order valence-corrected chi connectivity index (χ0v) is 10.3. The van der Waals surface area contributed by atoms with E-state index in [-0.39, 0.29) is 27.1 Å². The Balaban J connectivity index is 3.02. The van der Waals surface area contributed by atoms with E-state index in [0.717, 1.165) is 0 Å². The SMILES string of the molecule is CNc1ccc(S(=O)(=O)O)c2ccc(N)c(O)c12. The first-order valence-corrected chi connectivity index (χ1v) is 6.49. The van der Waals surface area contributed by atoms with Crippen LogP contribution in [-0.4, -0.2) is 25.1 Å². The number of phenols is 1. The molecule has 2 aromatic carbocycles. The lowest BCUT2D eigenvalue weighted by Crippen LogP contribution is -2.01. The second-order valence-corrected chi connectivity index (χ2v) is 5.15. The normalized spacial score (nSPS) is 11.7. The van der Waals surface area contributed by atoms with Gasteiger partial charge in [-0.25, -0.2) is 0 Å². The Hall–Kier alpha value is -1.99. The van der Waals surface area contributed by atoms with Crippen molar-refractivity contribution in [2.75, 3.05) is 18.1 Å². The van der Waals surface area contributed by atoms with Crippen molar-refractivity contribution in [3.63, 3.8) is 0 Å². The molecule has 0 aromatic heterocycles. The second-order valence-electron chi connectivity index (χ2n) is 3.76. The Morgan fingerprint density at radius 2 is 1.89 bits per heavy atom. The summed E-state index contributed by atoms with van der Waals surface area (Å²) in [6, 6.07) is 5.53. The molecule has 0 saturated carbocycles. The second kappa shape index (κ2) is 4.04. The minimum Gasteiger partial charge on any atom is -0.505 e. The lowest BCUT2D eigenvalue weighted by Gasteiger charge is -2.12. The molecule has 5 N–H and O–H groups in total. The van der Waals surface area contributed by atoms with E-state index in [4.69, 9.17) is 10.3 Å². The molecule has 7 heteroatoms. The van der Waals surface area contributed by atoms with E-state index in [1.54, 1.807) is 7.05 Å². The molecule has 96 valence electrons. The number of nitrogens with two attached hydrogens (primary N) is 1. The zero-order chi connectivity index (χ0) is 13.5. The minimum atomic E-state index is -4.36. The number of phenolic OH excluding ortho intramolecular Hbond substituents is 1. The molecule has 0 aliphatic heterocycles.